The maximum Gasteiger partial charge on any atom is 0.416 e. The van der Waals surface area contributed by atoms with E-state index in [0.29, 0.717) is 43.3 Å². The zero-order valence-electron chi connectivity index (χ0n) is 17.2. The average molecular weight is 446 g/mol. The van der Waals surface area contributed by atoms with Crippen LogP contribution in [0.1, 0.15) is 34.5 Å². The number of fused-ring (bicyclic) bond motifs is 1. The van der Waals surface area contributed by atoms with Crippen molar-refractivity contribution in [3.05, 3.63) is 59.3 Å². The first kappa shape index (κ1) is 21.8. The minimum absolute atomic E-state index is 0.0238. The molecule has 0 amide bonds. The van der Waals surface area contributed by atoms with E-state index in [2.05, 4.69) is 15.3 Å². The molecule has 2 heterocycles. The highest BCUT2D eigenvalue weighted by molar-refractivity contribution is 5.94. The number of anilines is 2. The summed E-state index contributed by atoms with van der Waals surface area (Å²) >= 11 is 0. The fourth-order valence-electron chi connectivity index (χ4n) is 3.68. The largest absolute Gasteiger partial charge is 0.478 e. The summed E-state index contributed by atoms with van der Waals surface area (Å²) in [5.74, 6) is -0.580. The number of aromatic nitrogens is 2. The monoisotopic (exact) mass is 446 g/mol. The molecule has 0 aliphatic carbocycles. The minimum atomic E-state index is -4.56. The van der Waals surface area contributed by atoms with Gasteiger partial charge in [-0.1, -0.05) is 12.1 Å². The van der Waals surface area contributed by atoms with Crippen LogP contribution in [0.25, 0.3) is 11.0 Å². The number of ether oxygens (including phenoxy) is 1. The Morgan fingerprint density at radius 2 is 1.94 bits per heavy atom. The molecule has 2 aromatic carbocycles. The zero-order chi connectivity index (χ0) is 22.9. The van der Waals surface area contributed by atoms with Crippen molar-refractivity contribution in [2.45, 2.75) is 19.1 Å². The van der Waals surface area contributed by atoms with Crippen molar-refractivity contribution in [3.63, 3.8) is 0 Å². The molecule has 1 fully saturated rings. The first-order chi connectivity index (χ1) is 15.2. The highest BCUT2D eigenvalue weighted by Crippen LogP contribution is 2.36. The molecule has 168 valence electrons. The summed E-state index contributed by atoms with van der Waals surface area (Å²) in [6.07, 6.45) is -3.10. The molecule has 1 aromatic heterocycles. The molecule has 1 unspecified atom stereocenters. The van der Waals surface area contributed by atoms with Crippen molar-refractivity contribution >= 4 is 28.5 Å². The van der Waals surface area contributed by atoms with Gasteiger partial charge in [0, 0.05) is 24.3 Å². The number of nitrogens with zero attached hydrogens (tertiary/aromatic N) is 3. The third-order valence-electron chi connectivity index (χ3n) is 5.32. The van der Waals surface area contributed by atoms with Gasteiger partial charge in [0.25, 0.3) is 0 Å². The molecule has 0 spiro atoms. The number of carbonyl (C=O) groups is 1. The maximum atomic E-state index is 13.6. The number of nitrogens with one attached hydrogen (secondary N) is 1. The third kappa shape index (κ3) is 4.45. The third-order valence-corrected chi connectivity index (χ3v) is 5.32. The molecule has 4 rings (SSSR count). The van der Waals surface area contributed by atoms with Crippen LogP contribution in [0, 0.1) is 0 Å². The molecular weight excluding hydrogens is 425 g/mol. The van der Waals surface area contributed by atoms with Crippen molar-refractivity contribution in [1.82, 2.24) is 9.97 Å². The first-order valence-electron chi connectivity index (χ1n) is 10.0. The highest BCUT2D eigenvalue weighted by atomic mass is 19.4. The Kier molecular flexibility index (Phi) is 5.88. The van der Waals surface area contributed by atoms with Gasteiger partial charge < -0.3 is 20.1 Å². The second-order valence-electron chi connectivity index (χ2n) is 7.48. The van der Waals surface area contributed by atoms with Gasteiger partial charge in [-0.05, 0) is 31.2 Å². The summed E-state index contributed by atoms with van der Waals surface area (Å²) in [7, 11) is 0. The molecule has 1 aliphatic rings. The number of rotatable bonds is 5. The van der Waals surface area contributed by atoms with Crippen LogP contribution in [-0.4, -0.2) is 47.3 Å². The van der Waals surface area contributed by atoms with Crippen molar-refractivity contribution in [3.8, 4) is 0 Å². The van der Waals surface area contributed by atoms with E-state index in [-0.39, 0.29) is 16.6 Å². The summed E-state index contributed by atoms with van der Waals surface area (Å²) in [5, 5.41) is 12.5. The lowest BCUT2D eigenvalue weighted by molar-refractivity contribution is -0.137. The number of hydrogen-bond donors (Lipinski definition) is 2. The van der Waals surface area contributed by atoms with Crippen LogP contribution in [0.2, 0.25) is 0 Å². The molecule has 0 radical (unpaired) electrons. The van der Waals surface area contributed by atoms with E-state index in [1.807, 2.05) is 4.90 Å². The SMILES string of the molecule is CC(Nc1ccccc1C(=O)O)c1cc(C(F)(F)F)cc2ncc(N3CCOCC3)nc12. The van der Waals surface area contributed by atoms with Crippen LogP contribution in [-0.2, 0) is 10.9 Å². The van der Waals surface area contributed by atoms with Crippen LogP contribution in [0.5, 0.6) is 0 Å². The lowest BCUT2D eigenvalue weighted by Gasteiger charge is -2.28. The number of carboxylic acid groups (broad SMARTS) is 1. The fourth-order valence-corrected chi connectivity index (χ4v) is 3.68. The summed E-state index contributed by atoms with van der Waals surface area (Å²) in [4.78, 5) is 22.4. The smallest absolute Gasteiger partial charge is 0.416 e. The Balaban J connectivity index is 1.80. The van der Waals surface area contributed by atoms with Crippen LogP contribution in [0.4, 0.5) is 24.7 Å². The number of alkyl halides is 3. The molecule has 1 saturated heterocycles. The lowest BCUT2D eigenvalue weighted by atomic mass is 10.0. The van der Waals surface area contributed by atoms with Gasteiger partial charge in [-0.15, -0.1) is 0 Å². The van der Waals surface area contributed by atoms with Gasteiger partial charge >= 0.3 is 12.1 Å². The van der Waals surface area contributed by atoms with E-state index in [4.69, 9.17) is 4.74 Å². The fraction of sp³-hybridized carbons (Fsp3) is 0.318. The van der Waals surface area contributed by atoms with Crippen LogP contribution < -0.4 is 10.2 Å². The van der Waals surface area contributed by atoms with E-state index in [1.165, 1.54) is 12.3 Å². The Morgan fingerprint density at radius 1 is 1.22 bits per heavy atom. The van der Waals surface area contributed by atoms with Crippen LogP contribution in [0.3, 0.4) is 0 Å². The normalized spacial score (nSPS) is 15.6. The second-order valence-corrected chi connectivity index (χ2v) is 7.48. The number of benzene rings is 2. The maximum absolute atomic E-state index is 13.6. The van der Waals surface area contributed by atoms with E-state index in [0.717, 1.165) is 12.1 Å². The predicted octanol–water partition coefficient (Wildman–Crippen LogP) is 4.36. The van der Waals surface area contributed by atoms with E-state index in [9.17, 15) is 23.1 Å². The number of para-hydroxylation sites is 1. The summed E-state index contributed by atoms with van der Waals surface area (Å²) in [6, 6.07) is 7.59. The summed E-state index contributed by atoms with van der Waals surface area (Å²) < 4.78 is 46.0. The first-order valence-corrected chi connectivity index (χ1v) is 10.0. The van der Waals surface area contributed by atoms with Crippen LogP contribution in [0.15, 0.2) is 42.6 Å². The molecule has 2 N–H and O–H groups in total. The topological polar surface area (TPSA) is 87.6 Å². The molecule has 0 bridgehead atoms. The molecular formula is C22H21F3N4O3. The van der Waals surface area contributed by atoms with E-state index in [1.54, 1.807) is 25.1 Å². The van der Waals surface area contributed by atoms with Crippen molar-refractivity contribution < 1.29 is 27.8 Å². The molecule has 10 heteroatoms. The molecule has 32 heavy (non-hydrogen) atoms. The van der Waals surface area contributed by atoms with Crippen molar-refractivity contribution in [2.75, 3.05) is 36.5 Å². The van der Waals surface area contributed by atoms with Gasteiger partial charge in [0.05, 0.1) is 47.6 Å². The van der Waals surface area contributed by atoms with Crippen molar-refractivity contribution in [1.29, 1.82) is 0 Å². The molecule has 0 saturated carbocycles. The van der Waals surface area contributed by atoms with E-state index < -0.39 is 23.8 Å². The molecule has 1 atom stereocenters. The highest BCUT2D eigenvalue weighted by Gasteiger charge is 2.32. The number of carboxylic acids is 1. The Bertz CT molecular complexity index is 1150. The van der Waals surface area contributed by atoms with Gasteiger partial charge in [0.15, 0.2) is 0 Å². The van der Waals surface area contributed by atoms with E-state index >= 15 is 0 Å². The quantitative estimate of drug-likeness (QED) is 0.602. The van der Waals surface area contributed by atoms with Gasteiger partial charge in [0.1, 0.15) is 5.82 Å². The summed E-state index contributed by atoms with van der Waals surface area (Å²) in [6.45, 7) is 3.94. The Labute approximate surface area is 181 Å². The average Bonchev–Trinajstić information content (AvgIpc) is 2.78. The van der Waals surface area contributed by atoms with Gasteiger partial charge in [0.2, 0.25) is 0 Å². The summed E-state index contributed by atoms with van der Waals surface area (Å²) in [5.41, 5.74) is 0.207. The van der Waals surface area contributed by atoms with Gasteiger partial charge in [-0.3, -0.25) is 4.98 Å². The predicted molar refractivity (Wildman–Crippen MR) is 113 cm³/mol. The lowest BCUT2D eigenvalue weighted by Crippen LogP contribution is -2.36. The number of morpholine rings is 1. The zero-order valence-corrected chi connectivity index (χ0v) is 17.2. The Hall–Kier alpha value is -3.40. The molecule has 7 nitrogen and oxygen atoms in total. The second kappa shape index (κ2) is 8.62. The van der Waals surface area contributed by atoms with Crippen molar-refractivity contribution in [2.24, 2.45) is 0 Å². The number of halogens is 3. The molecule has 3 aromatic rings. The minimum Gasteiger partial charge on any atom is -0.478 e. The Morgan fingerprint density at radius 3 is 2.62 bits per heavy atom. The van der Waals surface area contributed by atoms with Crippen LogP contribution >= 0.6 is 0 Å². The number of hydrogen-bond acceptors (Lipinski definition) is 6. The van der Waals surface area contributed by atoms with Gasteiger partial charge in [-0.25, -0.2) is 9.78 Å². The molecule has 1 aliphatic heterocycles. The van der Waals surface area contributed by atoms with Gasteiger partial charge in [-0.2, -0.15) is 13.2 Å². The standard InChI is InChI=1S/C22H21F3N4O3/c1-13(27-17-5-3-2-4-15(17)21(30)31)16-10-14(22(23,24)25)11-18-20(16)28-19(12-26-18)29-6-8-32-9-7-29/h2-5,10-13,27H,6-9H2,1H3,(H,30,31). The number of aromatic carboxylic acids is 1.